The summed E-state index contributed by atoms with van der Waals surface area (Å²) in [4.78, 5) is 23.9. The normalized spacial score (nSPS) is 16.9. The van der Waals surface area contributed by atoms with Crippen LogP contribution < -0.4 is 15.4 Å². The highest BCUT2D eigenvalue weighted by atomic mass is 32.2. The SMILES string of the molecule is CCc1ccccc1NS(=O)(=O)c1ccc2c(c1)NC(=O)[C@@H](C)C(=O)N2. The van der Waals surface area contributed by atoms with Crippen molar-refractivity contribution in [1.29, 1.82) is 0 Å². The fraction of sp³-hybridized carbons (Fsp3) is 0.222. The van der Waals surface area contributed by atoms with Crippen LogP contribution in [0.4, 0.5) is 17.1 Å². The van der Waals surface area contributed by atoms with Crippen LogP contribution in [-0.2, 0) is 26.0 Å². The average molecular weight is 373 g/mol. The van der Waals surface area contributed by atoms with E-state index in [0.717, 1.165) is 5.56 Å². The quantitative estimate of drug-likeness (QED) is 0.717. The van der Waals surface area contributed by atoms with Gasteiger partial charge in [-0.2, -0.15) is 0 Å². The third-order valence-corrected chi connectivity index (χ3v) is 5.61. The van der Waals surface area contributed by atoms with Gasteiger partial charge in [0, 0.05) is 0 Å². The molecule has 7 nitrogen and oxygen atoms in total. The van der Waals surface area contributed by atoms with Crippen LogP contribution in [0.3, 0.4) is 0 Å². The number of benzene rings is 2. The van der Waals surface area contributed by atoms with Crippen LogP contribution >= 0.6 is 0 Å². The summed E-state index contributed by atoms with van der Waals surface area (Å²) in [5.74, 6) is -1.79. The maximum atomic E-state index is 12.7. The van der Waals surface area contributed by atoms with Crippen LogP contribution in [0, 0.1) is 5.92 Å². The Hall–Kier alpha value is -2.87. The molecule has 0 spiro atoms. The number of para-hydroxylation sites is 1. The molecule has 0 radical (unpaired) electrons. The number of amides is 2. The Morgan fingerprint density at radius 3 is 2.35 bits per heavy atom. The minimum Gasteiger partial charge on any atom is -0.324 e. The standard InChI is InChI=1S/C18H19N3O4S/c1-3-12-6-4-5-7-14(12)21-26(24,25)13-8-9-15-16(10-13)20-18(23)11(2)17(22)19-15/h4-11,21H,3H2,1-2H3,(H,19,22)(H,20,23)/t11-/m0/s1. The lowest BCUT2D eigenvalue weighted by Gasteiger charge is -2.13. The molecule has 2 aromatic carbocycles. The van der Waals surface area contributed by atoms with Gasteiger partial charge in [-0.15, -0.1) is 0 Å². The number of carbonyl (C=O) groups is 2. The van der Waals surface area contributed by atoms with Crippen LogP contribution in [0.15, 0.2) is 47.4 Å². The first-order valence-electron chi connectivity index (χ1n) is 8.18. The summed E-state index contributed by atoms with van der Waals surface area (Å²) in [5, 5.41) is 5.20. The number of hydrogen-bond acceptors (Lipinski definition) is 4. The number of hydrogen-bond donors (Lipinski definition) is 3. The Labute approximate surface area is 151 Å². The van der Waals surface area contributed by atoms with Crippen LogP contribution in [-0.4, -0.2) is 20.2 Å². The van der Waals surface area contributed by atoms with E-state index in [1.807, 2.05) is 19.1 Å². The molecule has 136 valence electrons. The molecule has 0 fully saturated rings. The van der Waals surface area contributed by atoms with Crippen molar-refractivity contribution in [1.82, 2.24) is 0 Å². The van der Waals surface area contributed by atoms with E-state index in [1.54, 1.807) is 12.1 Å². The van der Waals surface area contributed by atoms with E-state index < -0.39 is 27.8 Å². The molecule has 1 aliphatic heterocycles. The van der Waals surface area contributed by atoms with E-state index >= 15 is 0 Å². The third kappa shape index (κ3) is 3.41. The summed E-state index contributed by atoms with van der Waals surface area (Å²) in [6.07, 6.45) is 0.683. The van der Waals surface area contributed by atoms with Crippen molar-refractivity contribution in [3.8, 4) is 0 Å². The maximum Gasteiger partial charge on any atom is 0.261 e. The van der Waals surface area contributed by atoms with Gasteiger partial charge in [-0.05, 0) is 43.2 Å². The molecular formula is C18H19N3O4S. The monoisotopic (exact) mass is 373 g/mol. The van der Waals surface area contributed by atoms with Gasteiger partial charge in [0.2, 0.25) is 11.8 Å². The van der Waals surface area contributed by atoms with Crippen molar-refractivity contribution in [2.75, 3.05) is 15.4 Å². The van der Waals surface area contributed by atoms with Crippen molar-refractivity contribution in [2.45, 2.75) is 25.2 Å². The van der Waals surface area contributed by atoms with E-state index in [9.17, 15) is 18.0 Å². The summed E-state index contributed by atoms with van der Waals surface area (Å²) in [5.41, 5.74) is 2.00. The van der Waals surface area contributed by atoms with Crippen LogP contribution in [0.1, 0.15) is 19.4 Å². The average Bonchev–Trinajstić information content (AvgIpc) is 2.72. The smallest absolute Gasteiger partial charge is 0.261 e. The van der Waals surface area contributed by atoms with Crippen molar-refractivity contribution < 1.29 is 18.0 Å². The number of carbonyl (C=O) groups excluding carboxylic acids is 2. The zero-order chi connectivity index (χ0) is 18.9. The summed E-state index contributed by atoms with van der Waals surface area (Å²) < 4.78 is 28.1. The predicted octanol–water partition coefficient (Wildman–Crippen LogP) is 2.58. The van der Waals surface area contributed by atoms with E-state index in [1.165, 1.54) is 25.1 Å². The fourth-order valence-electron chi connectivity index (χ4n) is 2.64. The molecule has 3 N–H and O–H groups in total. The van der Waals surface area contributed by atoms with Gasteiger partial charge in [0.05, 0.1) is 22.0 Å². The molecule has 2 aromatic rings. The van der Waals surface area contributed by atoms with Gasteiger partial charge in [0.15, 0.2) is 0 Å². The first kappa shape index (κ1) is 17.9. The Morgan fingerprint density at radius 2 is 1.65 bits per heavy atom. The highest BCUT2D eigenvalue weighted by Gasteiger charge is 2.28. The van der Waals surface area contributed by atoms with E-state index in [4.69, 9.17) is 0 Å². The van der Waals surface area contributed by atoms with Gasteiger partial charge < -0.3 is 10.6 Å². The molecule has 26 heavy (non-hydrogen) atoms. The zero-order valence-electron chi connectivity index (χ0n) is 14.4. The second-order valence-corrected chi connectivity index (χ2v) is 7.71. The lowest BCUT2D eigenvalue weighted by atomic mass is 10.1. The second-order valence-electron chi connectivity index (χ2n) is 6.02. The number of anilines is 3. The Morgan fingerprint density at radius 1 is 1.00 bits per heavy atom. The minimum absolute atomic E-state index is 0.00809. The van der Waals surface area contributed by atoms with Gasteiger partial charge in [0.1, 0.15) is 5.92 Å². The molecule has 0 saturated heterocycles. The van der Waals surface area contributed by atoms with Crippen molar-refractivity contribution in [2.24, 2.45) is 5.92 Å². The molecule has 0 aliphatic carbocycles. The topological polar surface area (TPSA) is 104 Å². The molecule has 3 rings (SSSR count). The Bertz CT molecular complexity index is 986. The van der Waals surface area contributed by atoms with Gasteiger partial charge in [-0.1, -0.05) is 25.1 Å². The van der Waals surface area contributed by atoms with Gasteiger partial charge in [0.25, 0.3) is 10.0 Å². The Kier molecular flexibility index (Phi) is 4.69. The summed E-state index contributed by atoms with van der Waals surface area (Å²) in [7, 11) is -3.85. The fourth-order valence-corrected chi connectivity index (χ4v) is 3.76. The van der Waals surface area contributed by atoms with Crippen LogP contribution in [0.25, 0.3) is 0 Å². The highest BCUT2D eigenvalue weighted by molar-refractivity contribution is 7.92. The lowest BCUT2D eigenvalue weighted by molar-refractivity contribution is -0.128. The van der Waals surface area contributed by atoms with Crippen molar-refractivity contribution >= 4 is 38.9 Å². The molecule has 8 heteroatoms. The first-order chi connectivity index (χ1) is 12.3. The highest BCUT2D eigenvalue weighted by Crippen LogP contribution is 2.30. The van der Waals surface area contributed by atoms with Gasteiger partial charge in [-0.3, -0.25) is 14.3 Å². The molecule has 0 unspecified atom stereocenters. The van der Waals surface area contributed by atoms with Gasteiger partial charge >= 0.3 is 0 Å². The van der Waals surface area contributed by atoms with E-state index in [-0.39, 0.29) is 10.6 Å². The predicted molar refractivity (Wildman–Crippen MR) is 99.5 cm³/mol. The number of nitrogens with one attached hydrogen (secondary N) is 3. The van der Waals surface area contributed by atoms with Gasteiger partial charge in [-0.25, -0.2) is 8.42 Å². The molecule has 1 aliphatic rings. The molecule has 0 saturated carbocycles. The first-order valence-corrected chi connectivity index (χ1v) is 9.66. The minimum atomic E-state index is -3.85. The number of aryl methyl sites for hydroxylation is 1. The van der Waals surface area contributed by atoms with Crippen LogP contribution in [0.2, 0.25) is 0 Å². The van der Waals surface area contributed by atoms with E-state index in [0.29, 0.717) is 17.8 Å². The summed E-state index contributed by atoms with van der Waals surface area (Å²) >= 11 is 0. The molecular weight excluding hydrogens is 354 g/mol. The second kappa shape index (κ2) is 6.80. The van der Waals surface area contributed by atoms with Crippen molar-refractivity contribution in [3.63, 3.8) is 0 Å². The summed E-state index contributed by atoms with van der Waals surface area (Å²) in [6.45, 7) is 3.42. The molecule has 1 atom stereocenters. The molecule has 0 aromatic heterocycles. The molecule has 2 amide bonds. The number of fused-ring (bicyclic) bond motifs is 1. The van der Waals surface area contributed by atoms with Crippen molar-refractivity contribution in [3.05, 3.63) is 48.0 Å². The molecule has 1 heterocycles. The van der Waals surface area contributed by atoms with E-state index in [2.05, 4.69) is 15.4 Å². The maximum absolute atomic E-state index is 12.7. The largest absolute Gasteiger partial charge is 0.324 e. The third-order valence-electron chi connectivity index (χ3n) is 4.25. The number of sulfonamides is 1. The lowest BCUT2D eigenvalue weighted by Crippen LogP contribution is -2.28. The van der Waals surface area contributed by atoms with Crippen LogP contribution in [0.5, 0.6) is 0 Å². The summed E-state index contributed by atoms with van der Waals surface area (Å²) in [6, 6.07) is 11.3. The zero-order valence-corrected chi connectivity index (χ0v) is 15.2. The molecule has 0 bridgehead atoms. The Balaban J connectivity index is 1.96. The number of rotatable bonds is 4.